The minimum atomic E-state index is 0. The molecule has 2 heterocycles. The standard InChI is InChI=1S/C16H22N4O3.HI/c17-16(18-11-15(21)20-6-1-2-7-20)19-12-4-5-13-14(10-12)23-9-3-8-22-13;/h4-5,10H,1-3,6-9,11H2,(H3,17,18,19);1H. The first kappa shape index (κ1) is 18.6. The van der Waals surface area contributed by atoms with Crippen molar-refractivity contribution >= 4 is 41.5 Å². The zero-order valence-corrected chi connectivity index (χ0v) is 15.8. The van der Waals surface area contributed by atoms with E-state index in [2.05, 4.69) is 10.3 Å². The fraction of sp³-hybridized carbons (Fsp3) is 0.500. The molecular formula is C16H23IN4O3. The van der Waals surface area contributed by atoms with Crippen LogP contribution in [0.2, 0.25) is 0 Å². The zero-order valence-electron chi connectivity index (χ0n) is 13.5. The molecule has 3 N–H and O–H groups in total. The average Bonchev–Trinajstić information content (AvgIpc) is 2.99. The summed E-state index contributed by atoms with van der Waals surface area (Å²) in [5.41, 5.74) is 6.61. The van der Waals surface area contributed by atoms with Crippen molar-refractivity contribution in [3.8, 4) is 11.5 Å². The molecule has 0 aliphatic carbocycles. The molecule has 7 nitrogen and oxygen atoms in total. The first-order chi connectivity index (χ1) is 11.2. The van der Waals surface area contributed by atoms with E-state index in [1.165, 1.54) is 0 Å². The Morgan fingerprint density at radius 3 is 2.62 bits per heavy atom. The van der Waals surface area contributed by atoms with Crippen LogP contribution in [0.25, 0.3) is 0 Å². The number of ether oxygens (including phenoxy) is 2. The third-order valence-corrected chi connectivity index (χ3v) is 3.86. The van der Waals surface area contributed by atoms with Gasteiger partial charge in [0.05, 0.1) is 13.2 Å². The number of guanidine groups is 1. The van der Waals surface area contributed by atoms with Gasteiger partial charge < -0.3 is 25.4 Å². The maximum absolute atomic E-state index is 11.9. The second-order valence-electron chi connectivity index (χ2n) is 5.63. The average molecular weight is 446 g/mol. The number of amides is 1. The van der Waals surface area contributed by atoms with E-state index in [0.29, 0.717) is 19.0 Å². The van der Waals surface area contributed by atoms with Gasteiger partial charge in [-0.3, -0.25) is 4.79 Å². The summed E-state index contributed by atoms with van der Waals surface area (Å²) >= 11 is 0. The minimum absolute atomic E-state index is 0. The molecule has 0 aromatic heterocycles. The van der Waals surface area contributed by atoms with Gasteiger partial charge in [0.1, 0.15) is 6.54 Å². The van der Waals surface area contributed by atoms with Gasteiger partial charge in [0.25, 0.3) is 0 Å². The first-order valence-electron chi connectivity index (χ1n) is 7.97. The van der Waals surface area contributed by atoms with E-state index in [0.717, 1.165) is 43.8 Å². The molecule has 0 spiro atoms. The van der Waals surface area contributed by atoms with E-state index in [1.807, 2.05) is 23.1 Å². The number of carbonyl (C=O) groups excluding carboxylic acids is 1. The summed E-state index contributed by atoms with van der Waals surface area (Å²) in [5.74, 6) is 1.65. The van der Waals surface area contributed by atoms with Gasteiger partial charge >= 0.3 is 0 Å². The molecule has 1 fully saturated rings. The number of nitrogens with two attached hydrogens (primary N) is 1. The molecule has 3 rings (SSSR count). The van der Waals surface area contributed by atoms with Crippen molar-refractivity contribution in [1.29, 1.82) is 0 Å². The highest BCUT2D eigenvalue weighted by Crippen LogP contribution is 2.32. The Bertz CT molecular complexity index is 603. The highest BCUT2D eigenvalue weighted by Gasteiger charge is 2.17. The van der Waals surface area contributed by atoms with E-state index < -0.39 is 0 Å². The number of anilines is 1. The lowest BCUT2D eigenvalue weighted by atomic mass is 10.3. The summed E-state index contributed by atoms with van der Waals surface area (Å²) in [5, 5.41) is 2.98. The van der Waals surface area contributed by atoms with Crippen molar-refractivity contribution in [3.63, 3.8) is 0 Å². The molecule has 2 aliphatic rings. The van der Waals surface area contributed by atoms with Crippen LogP contribution >= 0.6 is 24.0 Å². The molecular weight excluding hydrogens is 423 g/mol. The summed E-state index contributed by atoms with van der Waals surface area (Å²) in [6.07, 6.45) is 3.00. The number of nitrogens with zero attached hydrogens (tertiary/aromatic N) is 2. The summed E-state index contributed by atoms with van der Waals surface area (Å²) in [6, 6.07) is 5.51. The molecule has 2 aliphatic heterocycles. The number of nitrogens with one attached hydrogen (secondary N) is 1. The molecule has 0 atom stereocenters. The predicted octanol–water partition coefficient (Wildman–Crippen LogP) is 1.81. The lowest BCUT2D eigenvalue weighted by Gasteiger charge is -2.14. The molecule has 1 amide bonds. The van der Waals surface area contributed by atoms with Crippen LogP contribution in [0, 0.1) is 0 Å². The van der Waals surface area contributed by atoms with Crippen LogP contribution in [0.15, 0.2) is 23.2 Å². The summed E-state index contributed by atoms with van der Waals surface area (Å²) in [6.45, 7) is 3.00. The molecule has 1 saturated heterocycles. The Morgan fingerprint density at radius 2 is 1.88 bits per heavy atom. The van der Waals surface area contributed by atoms with Crippen molar-refractivity contribution in [1.82, 2.24) is 4.90 Å². The molecule has 0 bridgehead atoms. The van der Waals surface area contributed by atoms with Crippen LogP contribution in [-0.2, 0) is 4.79 Å². The highest BCUT2D eigenvalue weighted by atomic mass is 127. The Hall–Kier alpha value is -1.71. The van der Waals surface area contributed by atoms with Crippen molar-refractivity contribution < 1.29 is 14.3 Å². The maximum Gasteiger partial charge on any atom is 0.244 e. The number of fused-ring (bicyclic) bond motifs is 1. The fourth-order valence-electron chi connectivity index (χ4n) is 2.65. The number of hydrogen-bond acceptors (Lipinski definition) is 4. The molecule has 132 valence electrons. The van der Waals surface area contributed by atoms with Gasteiger partial charge in [-0.05, 0) is 25.0 Å². The molecule has 1 aromatic rings. The topological polar surface area (TPSA) is 89.2 Å². The maximum atomic E-state index is 11.9. The van der Waals surface area contributed by atoms with E-state index in [1.54, 1.807) is 0 Å². The van der Waals surface area contributed by atoms with Gasteiger partial charge in [-0.15, -0.1) is 24.0 Å². The zero-order chi connectivity index (χ0) is 16.1. The number of carbonyl (C=O) groups is 1. The summed E-state index contributed by atoms with van der Waals surface area (Å²) in [7, 11) is 0. The number of rotatable bonds is 3. The van der Waals surface area contributed by atoms with Crippen LogP contribution in [0.5, 0.6) is 11.5 Å². The Kier molecular flexibility index (Phi) is 6.95. The monoisotopic (exact) mass is 446 g/mol. The van der Waals surface area contributed by atoms with Gasteiger partial charge in [0.2, 0.25) is 5.91 Å². The Balaban J connectivity index is 0.00000208. The fourth-order valence-corrected chi connectivity index (χ4v) is 2.65. The smallest absolute Gasteiger partial charge is 0.244 e. The van der Waals surface area contributed by atoms with E-state index in [9.17, 15) is 4.79 Å². The van der Waals surface area contributed by atoms with Crippen LogP contribution in [0.3, 0.4) is 0 Å². The number of aliphatic imine (C=N–C) groups is 1. The SMILES string of the molecule is I.NC(=NCC(=O)N1CCCC1)Nc1ccc2c(c1)OCCCO2. The number of likely N-dealkylation sites (tertiary alicyclic amines) is 1. The molecule has 1 aromatic carbocycles. The van der Waals surface area contributed by atoms with Gasteiger partial charge in [-0.2, -0.15) is 0 Å². The lowest BCUT2D eigenvalue weighted by molar-refractivity contribution is -0.128. The van der Waals surface area contributed by atoms with Gasteiger partial charge in [-0.1, -0.05) is 0 Å². The Labute approximate surface area is 158 Å². The minimum Gasteiger partial charge on any atom is -0.490 e. The number of hydrogen-bond donors (Lipinski definition) is 2. The lowest BCUT2D eigenvalue weighted by Crippen LogP contribution is -2.31. The van der Waals surface area contributed by atoms with E-state index >= 15 is 0 Å². The number of halogens is 1. The van der Waals surface area contributed by atoms with Gasteiger partial charge in [0.15, 0.2) is 17.5 Å². The second-order valence-corrected chi connectivity index (χ2v) is 5.63. The van der Waals surface area contributed by atoms with Crippen molar-refractivity contribution in [2.45, 2.75) is 19.3 Å². The van der Waals surface area contributed by atoms with Crippen molar-refractivity contribution in [2.24, 2.45) is 10.7 Å². The van der Waals surface area contributed by atoms with Crippen molar-refractivity contribution in [2.75, 3.05) is 38.2 Å². The molecule has 0 saturated carbocycles. The largest absolute Gasteiger partial charge is 0.490 e. The summed E-state index contributed by atoms with van der Waals surface area (Å²) in [4.78, 5) is 17.9. The van der Waals surface area contributed by atoms with Crippen LogP contribution in [-0.4, -0.2) is 49.6 Å². The third kappa shape index (κ3) is 4.89. The predicted molar refractivity (Wildman–Crippen MR) is 103 cm³/mol. The molecule has 0 unspecified atom stereocenters. The third-order valence-electron chi connectivity index (χ3n) is 3.86. The van der Waals surface area contributed by atoms with Crippen LogP contribution in [0.4, 0.5) is 5.69 Å². The van der Waals surface area contributed by atoms with Crippen molar-refractivity contribution in [3.05, 3.63) is 18.2 Å². The van der Waals surface area contributed by atoms with Gasteiger partial charge in [-0.25, -0.2) is 4.99 Å². The molecule has 0 radical (unpaired) electrons. The van der Waals surface area contributed by atoms with Crippen LogP contribution in [0.1, 0.15) is 19.3 Å². The quantitative estimate of drug-likeness (QED) is 0.420. The van der Waals surface area contributed by atoms with Crippen LogP contribution < -0.4 is 20.5 Å². The Morgan fingerprint density at radius 1 is 1.17 bits per heavy atom. The molecule has 8 heteroatoms. The van der Waals surface area contributed by atoms with E-state index in [4.69, 9.17) is 15.2 Å². The van der Waals surface area contributed by atoms with E-state index in [-0.39, 0.29) is 42.4 Å². The normalized spacial score (nSPS) is 17.0. The van der Waals surface area contributed by atoms with Gasteiger partial charge in [0, 0.05) is 31.3 Å². The highest BCUT2D eigenvalue weighted by molar-refractivity contribution is 14.0. The first-order valence-corrected chi connectivity index (χ1v) is 7.97. The molecule has 24 heavy (non-hydrogen) atoms. The number of benzene rings is 1. The summed E-state index contributed by atoms with van der Waals surface area (Å²) < 4.78 is 11.2. The second kappa shape index (κ2) is 8.95.